The number of benzene rings is 1. The molecule has 2 atom stereocenters. The van der Waals surface area contributed by atoms with Gasteiger partial charge in [0, 0.05) is 18.5 Å². The molecule has 10 heteroatoms. The molecule has 0 radical (unpaired) electrons. The number of phenolic OH excluding ortho intramolecular Hbond substituents is 1. The number of carbonyl (C=O) groups is 4. The zero-order chi connectivity index (χ0) is 28.0. The molecule has 0 bridgehead atoms. The maximum atomic E-state index is 14.1. The second-order valence-corrected chi connectivity index (χ2v) is 11.5. The Morgan fingerprint density at radius 2 is 1.76 bits per heavy atom. The van der Waals surface area contributed by atoms with E-state index in [1.807, 2.05) is 0 Å². The highest BCUT2D eigenvalue weighted by Crippen LogP contribution is 2.37. The molecule has 2 unspecified atom stereocenters. The molecule has 1 aromatic carbocycles. The van der Waals surface area contributed by atoms with Crippen molar-refractivity contribution < 1.29 is 29.0 Å². The highest BCUT2D eigenvalue weighted by molar-refractivity contribution is 5.93. The van der Waals surface area contributed by atoms with Crippen molar-refractivity contribution in [3.63, 3.8) is 0 Å². The molecule has 0 saturated heterocycles. The van der Waals surface area contributed by atoms with Gasteiger partial charge in [-0.05, 0) is 83.1 Å². The maximum Gasteiger partial charge on any atom is 0.408 e. The van der Waals surface area contributed by atoms with Crippen LogP contribution in [0.1, 0.15) is 95.7 Å². The summed E-state index contributed by atoms with van der Waals surface area (Å²) in [5.74, 6) is -1.29. The average Bonchev–Trinajstić information content (AvgIpc) is 3.66. The Morgan fingerprint density at radius 1 is 1.11 bits per heavy atom. The molecule has 38 heavy (non-hydrogen) atoms. The van der Waals surface area contributed by atoms with Crippen molar-refractivity contribution in [3.05, 3.63) is 29.3 Å². The van der Waals surface area contributed by atoms with Gasteiger partial charge in [0.2, 0.25) is 17.7 Å². The van der Waals surface area contributed by atoms with Crippen LogP contribution in [0.4, 0.5) is 4.79 Å². The summed E-state index contributed by atoms with van der Waals surface area (Å²) in [7, 11) is 0. The van der Waals surface area contributed by atoms with E-state index < -0.39 is 35.6 Å². The van der Waals surface area contributed by atoms with Crippen molar-refractivity contribution in [1.82, 2.24) is 15.5 Å². The molecule has 2 fully saturated rings. The van der Waals surface area contributed by atoms with E-state index in [0.717, 1.165) is 32.1 Å². The van der Waals surface area contributed by atoms with E-state index in [4.69, 9.17) is 10.5 Å². The summed E-state index contributed by atoms with van der Waals surface area (Å²) in [4.78, 5) is 53.6. The Kier molecular flexibility index (Phi) is 9.62. The molecule has 10 nitrogen and oxygen atoms in total. The van der Waals surface area contributed by atoms with Crippen LogP contribution in [0.15, 0.2) is 18.2 Å². The van der Waals surface area contributed by atoms with Crippen LogP contribution in [0.2, 0.25) is 0 Å². The third-order valence-electron chi connectivity index (χ3n) is 6.88. The van der Waals surface area contributed by atoms with Crippen LogP contribution < -0.4 is 16.4 Å². The van der Waals surface area contributed by atoms with Gasteiger partial charge in [-0.15, -0.1) is 0 Å². The lowest BCUT2D eigenvalue weighted by Gasteiger charge is -2.36. The third-order valence-corrected chi connectivity index (χ3v) is 6.88. The van der Waals surface area contributed by atoms with Crippen LogP contribution in [0, 0.1) is 6.92 Å². The van der Waals surface area contributed by atoms with Crippen molar-refractivity contribution in [2.75, 3.05) is 0 Å². The number of amides is 4. The zero-order valence-corrected chi connectivity index (χ0v) is 22.9. The quantitative estimate of drug-likeness (QED) is 0.364. The molecule has 210 valence electrons. The van der Waals surface area contributed by atoms with E-state index in [1.165, 1.54) is 11.0 Å². The number of phenols is 1. The number of nitrogens with one attached hydrogen (secondary N) is 2. The fourth-order valence-corrected chi connectivity index (χ4v) is 4.86. The number of carbonyl (C=O) groups excluding carboxylic acids is 4. The van der Waals surface area contributed by atoms with Crippen molar-refractivity contribution >= 4 is 23.8 Å². The van der Waals surface area contributed by atoms with Gasteiger partial charge in [0.05, 0.1) is 0 Å². The Morgan fingerprint density at radius 3 is 2.32 bits per heavy atom. The standard InChI is InChI=1S/C28H42N4O6/c1-17-16-18(10-14-22(17)33)24(25(35)30-19-8-6-5-7-9-19)32(20-11-12-20)26(36)21(13-15-23(29)34)31-27(37)38-28(2,3)4/h10,14,16,19-21,24,33H,5-9,11-13,15H2,1-4H3,(H2,29,34)(H,30,35)(H,31,37). The lowest BCUT2D eigenvalue weighted by Crippen LogP contribution is -2.54. The summed E-state index contributed by atoms with van der Waals surface area (Å²) in [6.07, 6.45) is 5.46. The van der Waals surface area contributed by atoms with Gasteiger partial charge in [0.15, 0.2) is 0 Å². The Labute approximate surface area is 224 Å². The van der Waals surface area contributed by atoms with E-state index in [1.54, 1.807) is 39.8 Å². The van der Waals surface area contributed by atoms with Gasteiger partial charge in [-0.3, -0.25) is 14.4 Å². The highest BCUT2D eigenvalue weighted by Gasteiger charge is 2.44. The summed E-state index contributed by atoms with van der Waals surface area (Å²) < 4.78 is 5.36. The molecule has 0 aliphatic heterocycles. The molecule has 2 aliphatic rings. The number of ether oxygens (including phenoxy) is 1. The molecule has 1 aromatic rings. The number of aryl methyl sites for hydroxylation is 1. The number of hydrogen-bond acceptors (Lipinski definition) is 6. The number of primary amides is 1. The van der Waals surface area contributed by atoms with E-state index >= 15 is 0 Å². The maximum absolute atomic E-state index is 14.1. The third kappa shape index (κ3) is 8.36. The van der Waals surface area contributed by atoms with Crippen LogP contribution in [-0.2, 0) is 19.1 Å². The van der Waals surface area contributed by atoms with Crippen molar-refractivity contribution in [1.29, 1.82) is 0 Å². The van der Waals surface area contributed by atoms with E-state index in [0.29, 0.717) is 24.0 Å². The molecule has 0 heterocycles. The van der Waals surface area contributed by atoms with Crippen LogP contribution in [0.3, 0.4) is 0 Å². The molecule has 0 spiro atoms. The average molecular weight is 531 g/mol. The number of alkyl carbamates (subject to hydrolysis) is 1. The van der Waals surface area contributed by atoms with Crippen molar-refractivity contribution in [2.24, 2.45) is 5.73 Å². The number of nitrogens with zero attached hydrogens (tertiary/aromatic N) is 1. The topological polar surface area (TPSA) is 151 Å². The first-order chi connectivity index (χ1) is 17.9. The SMILES string of the molecule is Cc1cc(C(C(=O)NC2CCCCC2)N(C(=O)C(CCC(N)=O)NC(=O)OC(C)(C)C)C2CC2)ccc1O. The largest absolute Gasteiger partial charge is 0.508 e. The molecule has 4 amide bonds. The normalized spacial score (nSPS) is 17.7. The van der Waals surface area contributed by atoms with Gasteiger partial charge >= 0.3 is 6.09 Å². The molecule has 5 N–H and O–H groups in total. The number of aromatic hydroxyl groups is 1. The molecule has 3 rings (SSSR count). The van der Waals surface area contributed by atoms with Gasteiger partial charge in [-0.25, -0.2) is 4.79 Å². The second-order valence-electron chi connectivity index (χ2n) is 11.5. The first kappa shape index (κ1) is 29.3. The minimum absolute atomic E-state index is 0.0256. The lowest BCUT2D eigenvalue weighted by molar-refractivity contribution is -0.143. The van der Waals surface area contributed by atoms with Crippen molar-refractivity contribution in [3.8, 4) is 5.75 Å². The molecule has 0 aromatic heterocycles. The lowest BCUT2D eigenvalue weighted by atomic mass is 9.94. The Balaban J connectivity index is 1.95. The summed E-state index contributed by atoms with van der Waals surface area (Å²) in [5.41, 5.74) is 5.72. The first-order valence-corrected chi connectivity index (χ1v) is 13.6. The summed E-state index contributed by atoms with van der Waals surface area (Å²) >= 11 is 0. The van der Waals surface area contributed by atoms with Gasteiger partial charge in [0.25, 0.3) is 0 Å². The van der Waals surface area contributed by atoms with Crippen LogP contribution in [-0.4, -0.2) is 57.5 Å². The Hall–Kier alpha value is -3.30. The van der Waals surface area contributed by atoms with E-state index in [2.05, 4.69) is 10.6 Å². The van der Waals surface area contributed by atoms with E-state index in [9.17, 15) is 24.3 Å². The smallest absolute Gasteiger partial charge is 0.408 e. The van der Waals surface area contributed by atoms with Gasteiger partial charge in [-0.2, -0.15) is 0 Å². The monoisotopic (exact) mass is 530 g/mol. The first-order valence-electron chi connectivity index (χ1n) is 13.6. The zero-order valence-electron chi connectivity index (χ0n) is 22.9. The number of hydrogen-bond donors (Lipinski definition) is 4. The van der Waals surface area contributed by atoms with E-state index in [-0.39, 0.29) is 36.6 Å². The number of nitrogens with two attached hydrogens (primary N) is 1. The van der Waals surface area contributed by atoms with Crippen LogP contribution in [0.5, 0.6) is 5.75 Å². The van der Waals surface area contributed by atoms with Gasteiger partial charge in [0.1, 0.15) is 23.4 Å². The molecule has 2 saturated carbocycles. The molecular formula is C28H42N4O6. The fourth-order valence-electron chi connectivity index (χ4n) is 4.86. The summed E-state index contributed by atoms with van der Waals surface area (Å²) in [5, 5.41) is 15.9. The second kappa shape index (κ2) is 12.5. The van der Waals surface area contributed by atoms with Crippen molar-refractivity contribution in [2.45, 2.75) is 115 Å². The highest BCUT2D eigenvalue weighted by atomic mass is 16.6. The minimum atomic E-state index is -1.11. The minimum Gasteiger partial charge on any atom is -0.508 e. The van der Waals surface area contributed by atoms with Crippen LogP contribution in [0.25, 0.3) is 0 Å². The summed E-state index contributed by atoms with van der Waals surface area (Å²) in [6.45, 7) is 6.87. The summed E-state index contributed by atoms with van der Waals surface area (Å²) in [6, 6.07) is 2.63. The predicted molar refractivity (Wildman–Crippen MR) is 142 cm³/mol. The fraction of sp³-hybridized carbons (Fsp3) is 0.643. The van der Waals surface area contributed by atoms with Crippen LogP contribution >= 0.6 is 0 Å². The Bertz CT molecular complexity index is 1030. The number of rotatable bonds is 10. The predicted octanol–water partition coefficient (Wildman–Crippen LogP) is 3.34. The van der Waals surface area contributed by atoms with Gasteiger partial charge in [-0.1, -0.05) is 25.3 Å². The van der Waals surface area contributed by atoms with Gasteiger partial charge < -0.3 is 31.1 Å². The molecule has 2 aliphatic carbocycles. The molecular weight excluding hydrogens is 488 g/mol.